The van der Waals surface area contributed by atoms with Crippen LogP contribution in [-0.2, 0) is 9.59 Å². The van der Waals surface area contributed by atoms with Crippen LogP contribution in [0.2, 0.25) is 0 Å². The van der Waals surface area contributed by atoms with Crippen molar-refractivity contribution in [2.24, 2.45) is 11.3 Å². The number of nitrogens with one attached hydrogen (secondary N) is 1. The van der Waals surface area contributed by atoms with Crippen molar-refractivity contribution in [2.75, 3.05) is 13.1 Å². The van der Waals surface area contributed by atoms with Gasteiger partial charge in [-0.1, -0.05) is 20.8 Å². The fourth-order valence-corrected chi connectivity index (χ4v) is 2.35. The van der Waals surface area contributed by atoms with Crippen molar-refractivity contribution >= 4 is 11.8 Å². The molecule has 0 aromatic carbocycles. The van der Waals surface area contributed by atoms with E-state index in [1.165, 1.54) is 0 Å². The van der Waals surface area contributed by atoms with Gasteiger partial charge in [0.05, 0.1) is 6.10 Å². The first kappa shape index (κ1) is 17.0. The molecule has 2 amide bonds. The first-order chi connectivity index (χ1) is 9.12. The summed E-state index contributed by atoms with van der Waals surface area (Å²) in [5.74, 6) is -0.0476. The summed E-state index contributed by atoms with van der Waals surface area (Å²) in [6.45, 7) is 10.2. The third-order valence-corrected chi connectivity index (χ3v) is 3.85. The zero-order valence-electron chi connectivity index (χ0n) is 13.3. The van der Waals surface area contributed by atoms with Crippen molar-refractivity contribution in [1.29, 1.82) is 0 Å². The number of nitrogens with zero attached hydrogens (tertiary/aromatic N) is 1. The molecular formula is C15H28N2O3. The summed E-state index contributed by atoms with van der Waals surface area (Å²) in [4.78, 5) is 26.0. The van der Waals surface area contributed by atoms with E-state index < -0.39 is 17.6 Å². The van der Waals surface area contributed by atoms with Crippen molar-refractivity contribution in [1.82, 2.24) is 10.2 Å². The lowest BCUT2D eigenvalue weighted by atomic mass is 9.93. The fourth-order valence-electron chi connectivity index (χ4n) is 2.35. The Morgan fingerprint density at radius 2 is 1.90 bits per heavy atom. The van der Waals surface area contributed by atoms with Crippen molar-refractivity contribution < 1.29 is 14.7 Å². The lowest BCUT2D eigenvalue weighted by molar-refractivity contribution is -0.140. The number of hydrogen-bond donors (Lipinski definition) is 2. The van der Waals surface area contributed by atoms with E-state index in [2.05, 4.69) is 5.32 Å². The molecule has 0 aromatic heterocycles. The van der Waals surface area contributed by atoms with E-state index in [4.69, 9.17) is 0 Å². The van der Waals surface area contributed by atoms with Crippen LogP contribution in [0.3, 0.4) is 0 Å². The highest BCUT2D eigenvalue weighted by molar-refractivity contribution is 5.89. The molecule has 20 heavy (non-hydrogen) atoms. The number of hydrogen-bond acceptors (Lipinski definition) is 3. The van der Waals surface area contributed by atoms with Crippen LogP contribution in [-0.4, -0.2) is 47.1 Å². The van der Waals surface area contributed by atoms with E-state index in [0.29, 0.717) is 13.1 Å². The molecule has 1 saturated heterocycles. The largest absolute Gasteiger partial charge is 0.393 e. The molecule has 5 heteroatoms. The molecule has 1 rings (SSSR count). The van der Waals surface area contributed by atoms with Crippen LogP contribution in [0.5, 0.6) is 0 Å². The molecule has 1 fully saturated rings. The molecule has 1 heterocycles. The Bertz CT molecular complexity index is 361. The zero-order valence-corrected chi connectivity index (χ0v) is 13.3. The van der Waals surface area contributed by atoms with Crippen LogP contribution in [0.25, 0.3) is 0 Å². The number of aliphatic hydroxyl groups is 1. The summed E-state index contributed by atoms with van der Waals surface area (Å²) in [5, 5.41) is 12.4. The van der Waals surface area contributed by atoms with Crippen LogP contribution in [0.15, 0.2) is 0 Å². The third-order valence-electron chi connectivity index (χ3n) is 3.85. The van der Waals surface area contributed by atoms with Gasteiger partial charge in [0.1, 0.15) is 6.04 Å². The molecule has 0 bridgehead atoms. The Kier molecular flexibility index (Phi) is 5.57. The second-order valence-corrected chi connectivity index (χ2v) is 6.87. The molecule has 1 aliphatic rings. The van der Waals surface area contributed by atoms with E-state index in [9.17, 15) is 14.7 Å². The summed E-state index contributed by atoms with van der Waals surface area (Å²) in [7, 11) is 0. The SMILES string of the molecule is CC(NC(=O)C(C)(C)C)C(=O)N1CCCC(C(C)O)C1. The highest BCUT2D eigenvalue weighted by Gasteiger charge is 2.31. The van der Waals surface area contributed by atoms with Gasteiger partial charge < -0.3 is 15.3 Å². The van der Waals surface area contributed by atoms with E-state index >= 15 is 0 Å². The van der Waals surface area contributed by atoms with Gasteiger partial charge in [0.25, 0.3) is 0 Å². The Morgan fingerprint density at radius 1 is 1.30 bits per heavy atom. The molecular weight excluding hydrogens is 256 g/mol. The van der Waals surface area contributed by atoms with Gasteiger partial charge in [0.15, 0.2) is 0 Å². The monoisotopic (exact) mass is 284 g/mol. The van der Waals surface area contributed by atoms with Gasteiger partial charge >= 0.3 is 0 Å². The number of aliphatic hydroxyl groups excluding tert-OH is 1. The smallest absolute Gasteiger partial charge is 0.244 e. The van der Waals surface area contributed by atoms with Gasteiger partial charge in [-0.2, -0.15) is 0 Å². The first-order valence-electron chi connectivity index (χ1n) is 7.40. The lowest BCUT2D eigenvalue weighted by Crippen LogP contribution is -2.52. The highest BCUT2D eigenvalue weighted by atomic mass is 16.3. The maximum absolute atomic E-state index is 12.4. The molecule has 3 atom stereocenters. The van der Waals surface area contributed by atoms with Crippen LogP contribution in [0.1, 0.15) is 47.5 Å². The maximum atomic E-state index is 12.4. The highest BCUT2D eigenvalue weighted by Crippen LogP contribution is 2.20. The summed E-state index contributed by atoms with van der Waals surface area (Å²) < 4.78 is 0. The molecule has 5 nitrogen and oxygen atoms in total. The number of rotatable bonds is 3. The van der Waals surface area contributed by atoms with Gasteiger partial charge in [-0.25, -0.2) is 0 Å². The molecule has 0 aliphatic carbocycles. The Labute approximate surface area is 121 Å². The number of carbonyl (C=O) groups is 2. The summed E-state index contributed by atoms with van der Waals surface area (Å²) in [6.07, 6.45) is 1.45. The van der Waals surface area contributed by atoms with Crippen LogP contribution < -0.4 is 5.32 Å². The minimum absolute atomic E-state index is 0.0621. The van der Waals surface area contributed by atoms with Crippen molar-refractivity contribution in [3.05, 3.63) is 0 Å². The second kappa shape index (κ2) is 6.57. The first-order valence-corrected chi connectivity index (χ1v) is 7.40. The standard InChI is InChI=1S/C15H28N2O3/c1-10(16-14(20)15(3,4)5)13(19)17-8-6-7-12(9-17)11(2)18/h10-12,18H,6-9H2,1-5H3,(H,16,20). The summed E-state index contributed by atoms with van der Waals surface area (Å²) in [5.41, 5.74) is -0.501. The quantitative estimate of drug-likeness (QED) is 0.817. The molecule has 2 N–H and O–H groups in total. The molecule has 1 aliphatic heterocycles. The van der Waals surface area contributed by atoms with Gasteiger partial charge in [-0.3, -0.25) is 9.59 Å². The van der Waals surface area contributed by atoms with Gasteiger partial charge in [-0.05, 0) is 26.7 Å². The molecule has 0 spiro atoms. The number of carbonyl (C=O) groups excluding carboxylic acids is 2. The molecule has 3 unspecified atom stereocenters. The molecule has 0 radical (unpaired) electrons. The summed E-state index contributed by atoms with van der Waals surface area (Å²) >= 11 is 0. The maximum Gasteiger partial charge on any atom is 0.244 e. The molecule has 0 aromatic rings. The van der Waals surface area contributed by atoms with Crippen molar-refractivity contribution in [3.8, 4) is 0 Å². The predicted octanol–water partition coefficient (Wildman–Crippen LogP) is 1.16. The topological polar surface area (TPSA) is 69.6 Å². The minimum Gasteiger partial charge on any atom is -0.393 e. The van der Waals surface area contributed by atoms with Gasteiger partial charge in [-0.15, -0.1) is 0 Å². The van der Waals surface area contributed by atoms with E-state index in [-0.39, 0.29) is 17.7 Å². The minimum atomic E-state index is -0.519. The average molecular weight is 284 g/mol. The van der Waals surface area contributed by atoms with Crippen molar-refractivity contribution in [2.45, 2.75) is 59.6 Å². The van der Waals surface area contributed by atoms with Crippen LogP contribution in [0, 0.1) is 11.3 Å². The summed E-state index contributed by atoms with van der Waals surface area (Å²) in [6, 6.07) is -0.519. The third kappa shape index (κ3) is 4.47. The second-order valence-electron chi connectivity index (χ2n) is 6.87. The van der Waals surface area contributed by atoms with E-state index in [1.807, 2.05) is 20.8 Å². The van der Waals surface area contributed by atoms with Crippen LogP contribution >= 0.6 is 0 Å². The number of amides is 2. The van der Waals surface area contributed by atoms with E-state index in [0.717, 1.165) is 12.8 Å². The predicted molar refractivity (Wildman–Crippen MR) is 78.0 cm³/mol. The van der Waals surface area contributed by atoms with Gasteiger partial charge in [0.2, 0.25) is 11.8 Å². The number of likely N-dealkylation sites (tertiary alicyclic amines) is 1. The molecule has 116 valence electrons. The normalized spacial score (nSPS) is 23.1. The Balaban J connectivity index is 2.58. The average Bonchev–Trinajstić information content (AvgIpc) is 2.36. The van der Waals surface area contributed by atoms with Gasteiger partial charge in [0, 0.05) is 24.4 Å². The zero-order chi connectivity index (χ0) is 15.5. The van der Waals surface area contributed by atoms with E-state index in [1.54, 1.807) is 18.7 Å². The van der Waals surface area contributed by atoms with Crippen molar-refractivity contribution in [3.63, 3.8) is 0 Å². The fraction of sp³-hybridized carbons (Fsp3) is 0.867. The Hall–Kier alpha value is -1.10. The number of piperidine rings is 1. The van der Waals surface area contributed by atoms with Crippen LogP contribution in [0.4, 0.5) is 0 Å². The lowest BCUT2D eigenvalue weighted by Gasteiger charge is -2.36. The Morgan fingerprint density at radius 3 is 2.40 bits per heavy atom. The molecule has 0 saturated carbocycles.